The zero-order valence-corrected chi connectivity index (χ0v) is 14.5. The highest BCUT2D eigenvalue weighted by molar-refractivity contribution is 9.10. The van der Waals surface area contributed by atoms with Crippen molar-refractivity contribution in [3.8, 4) is 5.75 Å². The summed E-state index contributed by atoms with van der Waals surface area (Å²) in [6, 6.07) is 13.4. The minimum atomic E-state index is -0.190. The maximum absolute atomic E-state index is 11.9. The van der Waals surface area contributed by atoms with E-state index in [1.807, 2.05) is 68.4 Å². The Labute approximate surface area is 139 Å². The molecule has 1 N–H and O–H groups in total. The van der Waals surface area contributed by atoms with E-state index in [9.17, 15) is 4.79 Å². The van der Waals surface area contributed by atoms with E-state index in [0.29, 0.717) is 5.75 Å². The van der Waals surface area contributed by atoms with E-state index in [0.717, 1.165) is 21.4 Å². The van der Waals surface area contributed by atoms with E-state index in [1.165, 1.54) is 0 Å². The molecule has 0 saturated carbocycles. The van der Waals surface area contributed by atoms with Crippen LogP contribution in [0.1, 0.15) is 5.56 Å². The van der Waals surface area contributed by atoms with Crippen LogP contribution in [0, 0.1) is 6.92 Å². The van der Waals surface area contributed by atoms with Crippen molar-refractivity contribution in [2.45, 2.75) is 6.92 Å². The Kier molecular flexibility index (Phi) is 5.44. The molecule has 0 radical (unpaired) electrons. The summed E-state index contributed by atoms with van der Waals surface area (Å²) in [6.45, 7) is 1.97. The van der Waals surface area contributed by atoms with Crippen molar-refractivity contribution < 1.29 is 9.53 Å². The average molecular weight is 363 g/mol. The molecule has 2 rings (SSSR count). The molecule has 2 aromatic carbocycles. The van der Waals surface area contributed by atoms with Gasteiger partial charge in [0, 0.05) is 25.5 Å². The Balaban J connectivity index is 1.90. The van der Waals surface area contributed by atoms with Crippen LogP contribution in [-0.2, 0) is 4.79 Å². The number of nitrogens with one attached hydrogen (secondary N) is 1. The van der Waals surface area contributed by atoms with Gasteiger partial charge in [-0.1, -0.05) is 6.07 Å². The molecule has 0 unspecified atom stereocenters. The van der Waals surface area contributed by atoms with Crippen molar-refractivity contribution in [1.29, 1.82) is 0 Å². The molecule has 1 amide bonds. The molecule has 0 fully saturated rings. The van der Waals surface area contributed by atoms with Gasteiger partial charge in [-0.3, -0.25) is 4.79 Å². The molecule has 0 spiro atoms. The van der Waals surface area contributed by atoms with Crippen molar-refractivity contribution in [3.05, 3.63) is 52.5 Å². The number of halogens is 1. The molecule has 0 atom stereocenters. The van der Waals surface area contributed by atoms with Crippen molar-refractivity contribution in [2.24, 2.45) is 0 Å². The standard InChI is InChI=1S/C17H19BrN2O2/c1-12-4-9-16(15(18)10-12)22-11-17(21)19-13-5-7-14(8-6-13)20(2)3/h4-10H,11H2,1-3H3,(H,19,21). The molecule has 22 heavy (non-hydrogen) atoms. The van der Waals surface area contributed by atoms with Gasteiger partial charge < -0.3 is 15.0 Å². The number of benzene rings is 2. The number of ether oxygens (including phenoxy) is 1. The van der Waals surface area contributed by atoms with Crippen LogP contribution >= 0.6 is 15.9 Å². The summed E-state index contributed by atoms with van der Waals surface area (Å²) in [5.41, 5.74) is 2.96. The average Bonchev–Trinajstić information content (AvgIpc) is 2.47. The van der Waals surface area contributed by atoms with Gasteiger partial charge in [-0.25, -0.2) is 0 Å². The van der Waals surface area contributed by atoms with Gasteiger partial charge in [0.2, 0.25) is 0 Å². The number of nitrogens with zero attached hydrogens (tertiary/aromatic N) is 1. The Bertz CT molecular complexity index is 654. The number of carbonyl (C=O) groups is 1. The van der Waals surface area contributed by atoms with Gasteiger partial charge >= 0.3 is 0 Å². The molecule has 2 aromatic rings. The molecule has 0 aliphatic rings. The lowest BCUT2D eigenvalue weighted by Gasteiger charge is -2.13. The summed E-state index contributed by atoms with van der Waals surface area (Å²) < 4.78 is 6.36. The van der Waals surface area contributed by atoms with Crippen LogP contribution in [0.15, 0.2) is 46.9 Å². The number of aryl methyl sites for hydroxylation is 1. The normalized spacial score (nSPS) is 10.2. The first-order valence-corrected chi connectivity index (χ1v) is 7.71. The SMILES string of the molecule is Cc1ccc(OCC(=O)Nc2ccc(N(C)C)cc2)c(Br)c1. The molecule has 5 heteroatoms. The summed E-state index contributed by atoms with van der Waals surface area (Å²) in [6.07, 6.45) is 0. The zero-order chi connectivity index (χ0) is 16.1. The molecule has 0 heterocycles. The van der Waals surface area contributed by atoms with Gasteiger partial charge in [0.1, 0.15) is 5.75 Å². The first-order valence-electron chi connectivity index (χ1n) is 6.92. The zero-order valence-electron chi connectivity index (χ0n) is 12.9. The van der Waals surface area contributed by atoms with Crippen LogP contribution in [0.4, 0.5) is 11.4 Å². The Morgan fingerprint density at radius 2 is 1.86 bits per heavy atom. The van der Waals surface area contributed by atoms with Gasteiger partial charge in [-0.05, 0) is 64.8 Å². The number of anilines is 2. The summed E-state index contributed by atoms with van der Waals surface area (Å²) in [5, 5.41) is 2.81. The number of amides is 1. The van der Waals surface area contributed by atoms with Crippen LogP contribution in [0.3, 0.4) is 0 Å². The predicted molar refractivity (Wildman–Crippen MR) is 93.8 cm³/mol. The summed E-state index contributed by atoms with van der Waals surface area (Å²) >= 11 is 3.42. The second-order valence-electron chi connectivity index (χ2n) is 5.21. The molecule has 0 aromatic heterocycles. The van der Waals surface area contributed by atoms with Gasteiger partial charge in [-0.2, -0.15) is 0 Å². The van der Waals surface area contributed by atoms with Crippen molar-refractivity contribution in [1.82, 2.24) is 0 Å². The monoisotopic (exact) mass is 362 g/mol. The van der Waals surface area contributed by atoms with E-state index >= 15 is 0 Å². The second kappa shape index (κ2) is 7.31. The maximum atomic E-state index is 11.9. The molecule has 4 nitrogen and oxygen atoms in total. The molecule has 0 aliphatic heterocycles. The third-order valence-corrected chi connectivity index (χ3v) is 3.73. The fourth-order valence-corrected chi connectivity index (χ4v) is 2.51. The molecule has 116 valence electrons. The van der Waals surface area contributed by atoms with Gasteiger partial charge in [-0.15, -0.1) is 0 Å². The Hall–Kier alpha value is -2.01. The van der Waals surface area contributed by atoms with E-state index in [-0.39, 0.29) is 12.5 Å². The summed E-state index contributed by atoms with van der Waals surface area (Å²) in [4.78, 5) is 13.9. The highest BCUT2D eigenvalue weighted by Crippen LogP contribution is 2.25. The second-order valence-corrected chi connectivity index (χ2v) is 6.07. The molecular weight excluding hydrogens is 344 g/mol. The highest BCUT2D eigenvalue weighted by Gasteiger charge is 2.06. The largest absolute Gasteiger partial charge is 0.483 e. The van der Waals surface area contributed by atoms with Gasteiger partial charge in [0.15, 0.2) is 6.61 Å². The molecule has 0 saturated heterocycles. The highest BCUT2D eigenvalue weighted by atomic mass is 79.9. The van der Waals surface area contributed by atoms with Crippen LogP contribution < -0.4 is 15.0 Å². The topological polar surface area (TPSA) is 41.6 Å². The van der Waals surface area contributed by atoms with Crippen molar-refractivity contribution >= 4 is 33.2 Å². The lowest BCUT2D eigenvalue weighted by molar-refractivity contribution is -0.118. The van der Waals surface area contributed by atoms with Crippen LogP contribution in [0.2, 0.25) is 0 Å². The van der Waals surface area contributed by atoms with Crippen molar-refractivity contribution in [3.63, 3.8) is 0 Å². The van der Waals surface area contributed by atoms with Crippen LogP contribution in [0.25, 0.3) is 0 Å². The smallest absolute Gasteiger partial charge is 0.262 e. The number of hydrogen-bond acceptors (Lipinski definition) is 3. The minimum Gasteiger partial charge on any atom is -0.483 e. The maximum Gasteiger partial charge on any atom is 0.262 e. The molecular formula is C17H19BrN2O2. The van der Waals surface area contributed by atoms with Gasteiger partial charge in [0.25, 0.3) is 5.91 Å². The summed E-state index contributed by atoms with van der Waals surface area (Å²) in [7, 11) is 3.95. The van der Waals surface area contributed by atoms with E-state index in [4.69, 9.17) is 4.74 Å². The third kappa shape index (κ3) is 4.49. The molecule has 0 aliphatic carbocycles. The Morgan fingerprint density at radius 1 is 1.18 bits per heavy atom. The fraction of sp³-hybridized carbons (Fsp3) is 0.235. The first-order chi connectivity index (χ1) is 10.5. The number of carbonyl (C=O) groups excluding carboxylic acids is 1. The Morgan fingerprint density at radius 3 is 2.45 bits per heavy atom. The predicted octanol–water partition coefficient (Wildman–Crippen LogP) is 3.84. The quantitative estimate of drug-likeness (QED) is 0.878. The van der Waals surface area contributed by atoms with E-state index in [1.54, 1.807) is 0 Å². The number of rotatable bonds is 5. The van der Waals surface area contributed by atoms with Crippen LogP contribution in [0.5, 0.6) is 5.75 Å². The molecule has 0 bridgehead atoms. The first kappa shape index (κ1) is 16.4. The van der Waals surface area contributed by atoms with Crippen LogP contribution in [-0.4, -0.2) is 26.6 Å². The number of hydrogen-bond donors (Lipinski definition) is 1. The lowest BCUT2D eigenvalue weighted by Crippen LogP contribution is -2.20. The fourth-order valence-electron chi connectivity index (χ4n) is 1.91. The minimum absolute atomic E-state index is 0.0307. The van der Waals surface area contributed by atoms with Gasteiger partial charge in [0.05, 0.1) is 4.47 Å². The van der Waals surface area contributed by atoms with Crippen molar-refractivity contribution in [2.75, 3.05) is 30.9 Å². The summed E-state index contributed by atoms with van der Waals surface area (Å²) in [5.74, 6) is 0.466. The van der Waals surface area contributed by atoms with E-state index < -0.39 is 0 Å². The van der Waals surface area contributed by atoms with E-state index in [2.05, 4.69) is 21.2 Å². The lowest BCUT2D eigenvalue weighted by atomic mass is 10.2. The third-order valence-electron chi connectivity index (χ3n) is 3.11.